The Morgan fingerprint density at radius 3 is 2.90 bits per heavy atom. The summed E-state index contributed by atoms with van der Waals surface area (Å²) in [6, 6.07) is 5.26. The number of sulfonamides is 1. The lowest BCUT2D eigenvalue weighted by Gasteiger charge is -2.03. The standard InChI is InChI=1S/C14H17NO5S/c1-2-9-21(16,17)15-7-3-4-8-18-12-5-6-13-14(10-12)20-11-19-13/h5-6,10,15H,2,7-9,11H2,1H3. The molecular weight excluding hydrogens is 294 g/mol. The van der Waals surface area contributed by atoms with Gasteiger partial charge in [-0.3, -0.25) is 0 Å². The number of benzene rings is 1. The highest BCUT2D eigenvalue weighted by Crippen LogP contribution is 2.34. The summed E-state index contributed by atoms with van der Waals surface area (Å²) >= 11 is 0. The second-order valence-electron chi connectivity index (χ2n) is 4.30. The molecule has 6 nitrogen and oxygen atoms in total. The summed E-state index contributed by atoms with van der Waals surface area (Å²) in [4.78, 5) is 0. The molecule has 1 aromatic carbocycles. The summed E-state index contributed by atoms with van der Waals surface area (Å²) in [6.07, 6.45) is 0.579. The van der Waals surface area contributed by atoms with Crippen LogP contribution in [0.15, 0.2) is 18.2 Å². The van der Waals surface area contributed by atoms with Crippen LogP contribution in [0.1, 0.15) is 13.3 Å². The minimum absolute atomic E-state index is 0.0901. The SMILES string of the molecule is CCCS(=O)(=O)NCC#CCOc1ccc2c(c1)OCO2. The van der Waals surface area contributed by atoms with Crippen molar-refractivity contribution in [3.63, 3.8) is 0 Å². The van der Waals surface area contributed by atoms with Gasteiger partial charge < -0.3 is 14.2 Å². The molecule has 0 radical (unpaired) electrons. The normalized spacial score (nSPS) is 12.6. The molecule has 21 heavy (non-hydrogen) atoms. The first-order valence-electron chi connectivity index (χ1n) is 6.56. The average molecular weight is 311 g/mol. The van der Waals surface area contributed by atoms with Crippen LogP contribution in [-0.4, -0.2) is 34.1 Å². The van der Waals surface area contributed by atoms with Crippen LogP contribution in [0.25, 0.3) is 0 Å². The van der Waals surface area contributed by atoms with Crippen LogP contribution in [0.4, 0.5) is 0 Å². The molecular formula is C14H17NO5S. The maximum absolute atomic E-state index is 11.4. The van der Waals surface area contributed by atoms with E-state index in [1.54, 1.807) is 18.2 Å². The average Bonchev–Trinajstić information content (AvgIpc) is 2.90. The second-order valence-corrected chi connectivity index (χ2v) is 6.22. The van der Waals surface area contributed by atoms with E-state index >= 15 is 0 Å². The number of hydrogen-bond donors (Lipinski definition) is 1. The Labute approximate surface area is 124 Å². The minimum atomic E-state index is -3.20. The van der Waals surface area contributed by atoms with Gasteiger partial charge in [0.2, 0.25) is 16.8 Å². The van der Waals surface area contributed by atoms with E-state index in [-0.39, 0.29) is 25.7 Å². The van der Waals surface area contributed by atoms with Gasteiger partial charge in [-0.2, -0.15) is 0 Å². The quantitative estimate of drug-likeness (QED) is 0.797. The Morgan fingerprint density at radius 1 is 1.29 bits per heavy atom. The third-order valence-electron chi connectivity index (χ3n) is 2.63. The fraction of sp³-hybridized carbons (Fsp3) is 0.429. The van der Waals surface area contributed by atoms with Gasteiger partial charge >= 0.3 is 0 Å². The molecule has 1 aliphatic rings. The van der Waals surface area contributed by atoms with Crippen molar-refractivity contribution < 1.29 is 22.6 Å². The molecule has 2 rings (SSSR count). The lowest BCUT2D eigenvalue weighted by Crippen LogP contribution is -2.26. The molecule has 0 amide bonds. The van der Waals surface area contributed by atoms with Crippen LogP contribution in [0.5, 0.6) is 17.2 Å². The van der Waals surface area contributed by atoms with Gasteiger partial charge in [-0.25, -0.2) is 13.1 Å². The molecule has 114 valence electrons. The zero-order valence-corrected chi connectivity index (χ0v) is 12.5. The van der Waals surface area contributed by atoms with Gasteiger partial charge in [0.1, 0.15) is 12.4 Å². The molecule has 0 atom stereocenters. The molecule has 0 bridgehead atoms. The molecule has 1 N–H and O–H groups in total. The Hall–Kier alpha value is -1.91. The van der Waals surface area contributed by atoms with Crippen molar-refractivity contribution in [2.75, 3.05) is 25.7 Å². The van der Waals surface area contributed by atoms with Gasteiger partial charge in [0, 0.05) is 6.07 Å². The summed E-state index contributed by atoms with van der Waals surface area (Å²) in [6.45, 7) is 2.29. The first-order valence-corrected chi connectivity index (χ1v) is 8.21. The number of rotatable bonds is 6. The molecule has 0 unspecified atom stereocenters. The van der Waals surface area contributed by atoms with Crippen molar-refractivity contribution in [1.82, 2.24) is 4.72 Å². The van der Waals surface area contributed by atoms with Crippen LogP contribution >= 0.6 is 0 Å². The topological polar surface area (TPSA) is 73.9 Å². The molecule has 0 fully saturated rings. The molecule has 0 saturated carbocycles. The molecule has 0 aromatic heterocycles. The van der Waals surface area contributed by atoms with Gasteiger partial charge in [0.25, 0.3) is 0 Å². The van der Waals surface area contributed by atoms with Gasteiger partial charge in [-0.05, 0) is 18.6 Å². The fourth-order valence-corrected chi connectivity index (χ4v) is 2.66. The van der Waals surface area contributed by atoms with Crippen molar-refractivity contribution in [2.24, 2.45) is 0 Å². The molecule has 1 aliphatic heterocycles. The van der Waals surface area contributed by atoms with Gasteiger partial charge in [0.05, 0.1) is 12.3 Å². The molecule has 1 heterocycles. The van der Waals surface area contributed by atoms with E-state index in [9.17, 15) is 8.42 Å². The lowest BCUT2D eigenvalue weighted by atomic mass is 10.3. The smallest absolute Gasteiger partial charge is 0.231 e. The summed E-state index contributed by atoms with van der Waals surface area (Å²) < 4.78 is 41.0. The number of nitrogens with one attached hydrogen (secondary N) is 1. The molecule has 0 aliphatic carbocycles. The predicted octanol–water partition coefficient (Wildman–Crippen LogP) is 1.13. The van der Waals surface area contributed by atoms with Crippen molar-refractivity contribution in [2.45, 2.75) is 13.3 Å². The first-order chi connectivity index (χ1) is 10.1. The van der Waals surface area contributed by atoms with Crippen molar-refractivity contribution in [1.29, 1.82) is 0 Å². The maximum Gasteiger partial charge on any atom is 0.231 e. The predicted molar refractivity (Wildman–Crippen MR) is 77.9 cm³/mol. The second kappa shape index (κ2) is 7.20. The third-order valence-corrected chi connectivity index (χ3v) is 4.16. The lowest BCUT2D eigenvalue weighted by molar-refractivity contribution is 0.174. The minimum Gasteiger partial charge on any atom is -0.481 e. The summed E-state index contributed by atoms with van der Waals surface area (Å²) in [5.74, 6) is 7.52. The maximum atomic E-state index is 11.4. The van der Waals surface area contributed by atoms with E-state index in [2.05, 4.69) is 16.6 Å². The first kappa shape index (κ1) is 15.5. The van der Waals surface area contributed by atoms with Gasteiger partial charge in [-0.1, -0.05) is 18.8 Å². The summed E-state index contributed by atoms with van der Waals surface area (Å²) in [5, 5.41) is 0. The fourth-order valence-electron chi connectivity index (χ4n) is 1.69. The largest absolute Gasteiger partial charge is 0.481 e. The number of fused-ring (bicyclic) bond motifs is 1. The van der Waals surface area contributed by atoms with Gasteiger partial charge in [0.15, 0.2) is 11.5 Å². The Balaban J connectivity index is 1.74. The zero-order valence-electron chi connectivity index (χ0n) is 11.7. The van der Waals surface area contributed by atoms with Crippen molar-refractivity contribution >= 4 is 10.0 Å². The van der Waals surface area contributed by atoms with Crippen LogP contribution in [0.3, 0.4) is 0 Å². The highest BCUT2D eigenvalue weighted by molar-refractivity contribution is 7.89. The van der Waals surface area contributed by atoms with Crippen molar-refractivity contribution in [3.8, 4) is 29.1 Å². The van der Waals surface area contributed by atoms with Crippen LogP contribution < -0.4 is 18.9 Å². The van der Waals surface area contributed by atoms with E-state index < -0.39 is 10.0 Å². The van der Waals surface area contributed by atoms with Crippen LogP contribution in [0, 0.1) is 11.8 Å². The zero-order chi connectivity index (χ0) is 15.1. The molecule has 7 heteroatoms. The van der Waals surface area contributed by atoms with E-state index in [0.717, 1.165) is 0 Å². The van der Waals surface area contributed by atoms with E-state index in [1.165, 1.54) is 0 Å². The van der Waals surface area contributed by atoms with Crippen LogP contribution in [-0.2, 0) is 10.0 Å². The number of hydrogen-bond acceptors (Lipinski definition) is 5. The third kappa shape index (κ3) is 4.85. The van der Waals surface area contributed by atoms with E-state index in [1.807, 2.05) is 6.92 Å². The Bertz CT molecular complexity index is 645. The monoisotopic (exact) mass is 311 g/mol. The van der Waals surface area contributed by atoms with Crippen molar-refractivity contribution in [3.05, 3.63) is 18.2 Å². The van der Waals surface area contributed by atoms with E-state index in [0.29, 0.717) is 23.7 Å². The molecule has 0 spiro atoms. The molecule has 0 saturated heterocycles. The van der Waals surface area contributed by atoms with E-state index in [4.69, 9.17) is 14.2 Å². The number of ether oxygens (including phenoxy) is 3. The summed E-state index contributed by atoms with van der Waals surface area (Å²) in [5.41, 5.74) is 0. The molecule has 1 aromatic rings. The Morgan fingerprint density at radius 2 is 2.10 bits per heavy atom. The van der Waals surface area contributed by atoms with Crippen LogP contribution in [0.2, 0.25) is 0 Å². The van der Waals surface area contributed by atoms with Gasteiger partial charge in [-0.15, -0.1) is 0 Å². The highest BCUT2D eigenvalue weighted by Gasteiger charge is 2.13. The summed E-state index contributed by atoms with van der Waals surface area (Å²) in [7, 11) is -3.20. The highest BCUT2D eigenvalue weighted by atomic mass is 32.2. The Kier molecular flexibility index (Phi) is 5.31.